The standard InChI is InChI=1S/C12H19N3O2S.HI/c1-3-8-14-12(13)15-9-10-4-6-11(7-5-10)18(2,16)17;/h4-7H,3,8-9H2,1-2H3,(H3,13,14,15);1H. The van der Waals surface area contributed by atoms with Crippen molar-refractivity contribution in [2.24, 2.45) is 10.7 Å². The van der Waals surface area contributed by atoms with Crippen LogP contribution in [0, 0.1) is 0 Å². The van der Waals surface area contributed by atoms with Gasteiger partial charge in [0.15, 0.2) is 15.8 Å². The van der Waals surface area contributed by atoms with E-state index in [4.69, 9.17) is 5.73 Å². The summed E-state index contributed by atoms with van der Waals surface area (Å²) in [6.45, 7) is 3.28. The summed E-state index contributed by atoms with van der Waals surface area (Å²) in [6, 6.07) is 6.64. The van der Waals surface area contributed by atoms with E-state index in [1.807, 2.05) is 6.92 Å². The normalized spacial score (nSPS) is 11.8. The predicted octanol–water partition coefficient (Wildman–Crippen LogP) is 1.52. The van der Waals surface area contributed by atoms with Crippen molar-refractivity contribution in [2.45, 2.75) is 24.8 Å². The maximum absolute atomic E-state index is 11.3. The molecule has 0 aliphatic heterocycles. The molecule has 1 rings (SSSR count). The van der Waals surface area contributed by atoms with Crippen LogP contribution in [0.15, 0.2) is 34.2 Å². The molecular weight excluding hydrogens is 377 g/mol. The molecule has 0 amide bonds. The lowest BCUT2D eigenvalue weighted by atomic mass is 10.2. The Morgan fingerprint density at radius 3 is 2.37 bits per heavy atom. The SMILES string of the molecule is CCCNC(N)=NCc1ccc(S(C)(=O)=O)cc1.I. The third-order valence-corrected chi connectivity index (χ3v) is 3.47. The maximum Gasteiger partial charge on any atom is 0.188 e. The lowest BCUT2D eigenvalue weighted by molar-refractivity contribution is 0.602. The van der Waals surface area contributed by atoms with Gasteiger partial charge in [-0.1, -0.05) is 19.1 Å². The van der Waals surface area contributed by atoms with Crippen molar-refractivity contribution >= 4 is 39.8 Å². The maximum atomic E-state index is 11.3. The third kappa shape index (κ3) is 6.76. The second kappa shape index (κ2) is 8.36. The Labute approximate surface area is 131 Å². The van der Waals surface area contributed by atoms with E-state index < -0.39 is 9.84 Å². The molecule has 19 heavy (non-hydrogen) atoms. The molecular formula is C12H20IN3O2S. The summed E-state index contributed by atoms with van der Waals surface area (Å²) in [5.41, 5.74) is 6.57. The second-order valence-corrected chi connectivity index (χ2v) is 6.06. The molecule has 0 aliphatic rings. The average molecular weight is 397 g/mol. The van der Waals surface area contributed by atoms with Crippen LogP contribution in [0.5, 0.6) is 0 Å². The number of benzene rings is 1. The van der Waals surface area contributed by atoms with Gasteiger partial charge in [-0.25, -0.2) is 13.4 Å². The van der Waals surface area contributed by atoms with Crippen LogP contribution in [0.2, 0.25) is 0 Å². The topological polar surface area (TPSA) is 84.5 Å². The highest BCUT2D eigenvalue weighted by atomic mass is 127. The summed E-state index contributed by atoms with van der Waals surface area (Å²) in [6.07, 6.45) is 2.17. The van der Waals surface area contributed by atoms with Gasteiger partial charge in [0, 0.05) is 12.8 Å². The molecule has 3 N–H and O–H groups in total. The first-order valence-corrected chi connectivity index (χ1v) is 7.65. The molecule has 0 radical (unpaired) electrons. The molecule has 0 fully saturated rings. The minimum atomic E-state index is -3.14. The summed E-state index contributed by atoms with van der Waals surface area (Å²) in [5.74, 6) is 0.407. The minimum absolute atomic E-state index is 0. The fourth-order valence-corrected chi connectivity index (χ4v) is 1.96. The second-order valence-electron chi connectivity index (χ2n) is 4.04. The number of halogens is 1. The van der Waals surface area contributed by atoms with Crippen LogP contribution in [-0.2, 0) is 16.4 Å². The third-order valence-electron chi connectivity index (χ3n) is 2.34. The lowest BCUT2D eigenvalue weighted by Crippen LogP contribution is -2.32. The number of hydrogen-bond donors (Lipinski definition) is 2. The largest absolute Gasteiger partial charge is 0.370 e. The highest BCUT2D eigenvalue weighted by molar-refractivity contribution is 14.0. The number of nitrogens with one attached hydrogen (secondary N) is 1. The quantitative estimate of drug-likeness (QED) is 0.448. The molecule has 0 heterocycles. The highest BCUT2D eigenvalue weighted by Crippen LogP contribution is 2.10. The summed E-state index contributed by atoms with van der Waals surface area (Å²) < 4.78 is 22.5. The van der Waals surface area contributed by atoms with Gasteiger partial charge in [0.25, 0.3) is 0 Å². The smallest absolute Gasteiger partial charge is 0.188 e. The lowest BCUT2D eigenvalue weighted by Gasteiger charge is -2.04. The van der Waals surface area contributed by atoms with Crippen molar-refractivity contribution in [3.8, 4) is 0 Å². The zero-order chi connectivity index (χ0) is 13.6. The van der Waals surface area contributed by atoms with E-state index in [2.05, 4.69) is 10.3 Å². The van der Waals surface area contributed by atoms with Crippen molar-refractivity contribution < 1.29 is 8.42 Å². The van der Waals surface area contributed by atoms with Gasteiger partial charge >= 0.3 is 0 Å². The Kier molecular flexibility index (Phi) is 8.00. The Balaban J connectivity index is 0.00000324. The molecule has 0 spiro atoms. The molecule has 1 aromatic carbocycles. The molecule has 5 nitrogen and oxygen atoms in total. The Bertz CT molecular complexity index is 512. The number of nitrogens with zero attached hydrogens (tertiary/aromatic N) is 1. The van der Waals surface area contributed by atoms with Crippen LogP contribution >= 0.6 is 24.0 Å². The van der Waals surface area contributed by atoms with Gasteiger partial charge in [0.05, 0.1) is 11.4 Å². The number of nitrogens with two attached hydrogens (primary N) is 1. The van der Waals surface area contributed by atoms with Crippen molar-refractivity contribution in [3.05, 3.63) is 29.8 Å². The number of guanidine groups is 1. The molecule has 0 atom stereocenters. The van der Waals surface area contributed by atoms with Crippen LogP contribution < -0.4 is 11.1 Å². The Morgan fingerprint density at radius 1 is 1.32 bits per heavy atom. The zero-order valence-electron chi connectivity index (χ0n) is 11.1. The van der Waals surface area contributed by atoms with E-state index in [9.17, 15) is 8.42 Å². The van der Waals surface area contributed by atoms with Gasteiger partial charge in [0.2, 0.25) is 0 Å². The molecule has 0 saturated carbocycles. The molecule has 7 heteroatoms. The van der Waals surface area contributed by atoms with Gasteiger partial charge < -0.3 is 11.1 Å². The van der Waals surface area contributed by atoms with E-state index in [1.165, 1.54) is 6.26 Å². The van der Waals surface area contributed by atoms with Crippen molar-refractivity contribution in [2.75, 3.05) is 12.8 Å². The number of aliphatic imine (C=N–C) groups is 1. The van der Waals surface area contributed by atoms with Gasteiger partial charge in [-0.15, -0.1) is 24.0 Å². The fourth-order valence-electron chi connectivity index (χ4n) is 1.33. The van der Waals surface area contributed by atoms with Crippen LogP contribution in [-0.4, -0.2) is 27.2 Å². The van der Waals surface area contributed by atoms with E-state index in [0.29, 0.717) is 17.4 Å². The van der Waals surface area contributed by atoms with Gasteiger partial charge in [-0.2, -0.15) is 0 Å². The van der Waals surface area contributed by atoms with Crippen LogP contribution in [0.4, 0.5) is 0 Å². The first-order chi connectivity index (χ1) is 8.43. The highest BCUT2D eigenvalue weighted by Gasteiger charge is 2.05. The average Bonchev–Trinajstić information content (AvgIpc) is 2.33. The van der Waals surface area contributed by atoms with Gasteiger partial charge in [0.1, 0.15) is 0 Å². The number of hydrogen-bond acceptors (Lipinski definition) is 3. The monoisotopic (exact) mass is 397 g/mol. The molecule has 0 aliphatic carbocycles. The fraction of sp³-hybridized carbons (Fsp3) is 0.417. The van der Waals surface area contributed by atoms with E-state index in [1.54, 1.807) is 24.3 Å². The first-order valence-electron chi connectivity index (χ1n) is 5.76. The summed E-state index contributed by atoms with van der Waals surface area (Å²) in [4.78, 5) is 4.47. The minimum Gasteiger partial charge on any atom is -0.370 e. The van der Waals surface area contributed by atoms with E-state index >= 15 is 0 Å². The molecule has 0 aromatic heterocycles. The molecule has 0 saturated heterocycles. The van der Waals surface area contributed by atoms with Crippen LogP contribution in [0.1, 0.15) is 18.9 Å². The van der Waals surface area contributed by atoms with Crippen molar-refractivity contribution in [1.82, 2.24) is 5.32 Å². The van der Waals surface area contributed by atoms with E-state index in [-0.39, 0.29) is 24.0 Å². The van der Waals surface area contributed by atoms with E-state index in [0.717, 1.165) is 18.5 Å². The van der Waals surface area contributed by atoms with Crippen molar-refractivity contribution in [3.63, 3.8) is 0 Å². The molecule has 1 aromatic rings. The molecule has 0 bridgehead atoms. The van der Waals surface area contributed by atoms with Crippen molar-refractivity contribution in [1.29, 1.82) is 0 Å². The summed E-state index contributed by atoms with van der Waals surface area (Å²) >= 11 is 0. The van der Waals surface area contributed by atoms with Crippen LogP contribution in [0.3, 0.4) is 0 Å². The molecule has 0 unspecified atom stereocenters. The van der Waals surface area contributed by atoms with Gasteiger partial charge in [-0.05, 0) is 24.1 Å². The molecule has 108 valence electrons. The van der Waals surface area contributed by atoms with Gasteiger partial charge in [-0.3, -0.25) is 0 Å². The Hall–Kier alpha value is -0.830. The summed E-state index contributed by atoms with van der Waals surface area (Å²) in [7, 11) is -3.14. The Morgan fingerprint density at radius 2 is 1.89 bits per heavy atom. The number of sulfone groups is 1. The van der Waals surface area contributed by atoms with Crippen LogP contribution in [0.25, 0.3) is 0 Å². The number of rotatable bonds is 5. The predicted molar refractivity (Wildman–Crippen MR) is 88.6 cm³/mol. The summed E-state index contributed by atoms with van der Waals surface area (Å²) in [5, 5.41) is 2.97. The zero-order valence-corrected chi connectivity index (χ0v) is 14.2. The first kappa shape index (κ1) is 18.2.